The molecule has 94 valence electrons. The molecule has 4 heteroatoms. The summed E-state index contributed by atoms with van der Waals surface area (Å²) in [7, 11) is 0. The van der Waals surface area contributed by atoms with Crippen molar-refractivity contribution in [3.8, 4) is 0 Å². The largest absolute Gasteiger partial charge is 0.364 e. The van der Waals surface area contributed by atoms with E-state index in [9.17, 15) is 9.59 Å². The summed E-state index contributed by atoms with van der Waals surface area (Å²) in [5, 5.41) is 2.89. The fourth-order valence-electron chi connectivity index (χ4n) is 1.74. The third-order valence-corrected chi connectivity index (χ3v) is 2.77. The summed E-state index contributed by atoms with van der Waals surface area (Å²) in [5.41, 5.74) is 0.711. The van der Waals surface area contributed by atoms with Gasteiger partial charge < -0.3 is 10.3 Å². The molecule has 17 heavy (non-hydrogen) atoms. The van der Waals surface area contributed by atoms with Crippen molar-refractivity contribution >= 4 is 5.91 Å². The topological polar surface area (TPSA) is 62.0 Å². The molecule has 1 unspecified atom stereocenters. The van der Waals surface area contributed by atoms with Crippen LogP contribution in [0.25, 0.3) is 0 Å². The Bertz CT molecular complexity index is 437. The van der Waals surface area contributed by atoms with Crippen LogP contribution in [0.1, 0.15) is 49.2 Å². The molecule has 0 bridgehead atoms. The first kappa shape index (κ1) is 13.5. The monoisotopic (exact) mass is 236 g/mol. The molecular formula is C13H20N2O2. The van der Waals surface area contributed by atoms with Crippen LogP contribution in [0.15, 0.2) is 17.1 Å². The van der Waals surface area contributed by atoms with Crippen LogP contribution in [0.2, 0.25) is 0 Å². The molecule has 0 aliphatic carbocycles. The summed E-state index contributed by atoms with van der Waals surface area (Å²) < 4.78 is 0. The van der Waals surface area contributed by atoms with E-state index in [1.807, 2.05) is 6.92 Å². The normalized spacial score (nSPS) is 12.2. The number of hydrogen-bond donors (Lipinski definition) is 2. The van der Waals surface area contributed by atoms with E-state index in [4.69, 9.17) is 0 Å². The molecule has 0 saturated heterocycles. The fraction of sp³-hybridized carbons (Fsp3) is 0.538. The maximum Gasteiger partial charge on any atom is 0.256 e. The highest BCUT2D eigenvalue weighted by atomic mass is 16.2. The van der Waals surface area contributed by atoms with Gasteiger partial charge in [0.05, 0.1) is 0 Å². The fourth-order valence-corrected chi connectivity index (χ4v) is 1.74. The van der Waals surface area contributed by atoms with Crippen LogP contribution < -0.4 is 10.7 Å². The average molecular weight is 236 g/mol. The first-order valence-electron chi connectivity index (χ1n) is 6.08. The molecular weight excluding hydrogens is 216 g/mol. The number of amides is 1. The second-order valence-corrected chi connectivity index (χ2v) is 4.26. The molecule has 4 nitrogen and oxygen atoms in total. The first-order chi connectivity index (χ1) is 8.08. The lowest BCUT2D eigenvalue weighted by Gasteiger charge is -2.15. The molecule has 1 rings (SSSR count). The third kappa shape index (κ3) is 3.73. The number of pyridine rings is 1. The standard InChI is InChI=1S/C13H20N2O2/c1-4-6-10(5-2)15-13(17)11-8-14-9(3)7-12(11)16/h7-8,10H,4-6H2,1-3H3,(H,14,16)(H,15,17). The van der Waals surface area contributed by atoms with E-state index in [1.54, 1.807) is 6.92 Å². The maximum absolute atomic E-state index is 11.9. The number of aryl methyl sites for hydroxylation is 1. The van der Waals surface area contributed by atoms with Crippen molar-refractivity contribution < 1.29 is 4.79 Å². The molecule has 0 radical (unpaired) electrons. The van der Waals surface area contributed by atoms with Gasteiger partial charge in [0, 0.05) is 24.0 Å². The zero-order valence-electron chi connectivity index (χ0n) is 10.7. The summed E-state index contributed by atoms with van der Waals surface area (Å²) in [5.74, 6) is -0.286. The SMILES string of the molecule is CCCC(CC)NC(=O)c1c[nH]c(C)cc1=O. The number of nitrogens with one attached hydrogen (secondary N) is 2. The van der Waals surface area contributed by atoms with E-state index in [0.717, 1.165) is 25.0 Å². The molecule has 0 aliphatic heterocycles. The summed E-state index contributed by atoms with van der Waals surface area (Å²) in [6.45, 7) is 5.89. The van der Waals surface area contributed by atoms with Gasteiger partial charge in [0.15, 0.2) is 5.43 Å². The molecule has 0 saturated carbocycles. The molecule has 0 fully saturated rings. The van der Waals surface area contributed by atoms with Gasteiger partial charge in [-0.25, -0.2) is 0 Å². The molecule has 2 N–H and O–H groups in total. The van der Waals surface area contributed by atoms with Gasteiger partial charge in [0.2, 0.25) is 0 Å². The average Bonchev–Trinajstić information content (AvgIpc) is 2.28. The van der Waals surface area contributed by atoms with Gasteiger partial charge in [0.1, 0.15) is 5.56 Å². The summed E-state index contributed by atoms with van der Waals surface area (Å²) in [4.78, 5) is 26.4. The smallest absolute Gasteiger partial charge is 0.256 e. The van der Waals surface area contributed by atoms with Gasteiger partial charge in [-0.2, -0.15) is 0 Å². The van der Waals surface area contributed by atoms with E-state index in [2.05, 4.69) is 17.2 Å². The van der Waals surface area contributed by atoms with Gasteiger partial charge in [-0.3, -0.25) is 9.59 Å². The van der Waals surface area contributed by atoms with Crippen LogP contribution in [-0.2, 0) is 0 Å². The van der Waals surface area contributed by atoms with Crippen LogP contribution in [0.3, 0.4) is 0 Å². The predicted octanol–water partition coefficient (Wildman–Crippen LogP) is 1.99. The molecule has 0 aromatic carbocycles. The minimum Gasteiger partial charge on any atom is -0.364 e. The van der Waals surface area contributed by atoms with Crippen molar-refractivity contribution in [2.45, 2.75) is 46.1 Å². The molecule has 1 aromatic rings. The molecule has 0 aliphatic rings. The summed E-state index contributed by atoms with van der Waals surface area (Å²) in [6.07, 6.45) is 4.31. The van der Waals surface area contributed by atoms with Gasteiger partial charge in [-0.15, -0.1) is 0 Å². The highest BCUT2D eigenvalue weighted by Crippen LogP contribution is 2.02. The van der Waals surface area contributed by atoms with Crippen molar-refractivity contribution in [1.29, 1.82) is 0 Å². The van der Waals surface area contributed by atoms with Crippen molar-refractivity contribution in [3.63, 3.8) is 0 Å². The van der Waals surface area contributed by atoms with Crippen LogP contribution in [0, 0.1) is 6.92 Å². The summed E-state index contributed by atoms with van der Waals surface area (Å²) >= 11 is 0. The molecule has 0 spiro atoms. The van der Waals surface area contributed by atoms with Gasteiger partial charge in [0.25, 0.3) is 5.91 Å². The van der Waals surface area contributed by atoms with Crippen molar-refractivity contribution in [2.24, 2.45) is 0 Å². The van der Waals surface area contributed by atoms with Crippen LogP contribution in [-0.4, -0.2) is 16.9 Å². The zero-order valence-corrected chi connectivity index (χ0v) is 10.7. The molecule has 1 heterocycles. The zero-order chi connectivity index (χ0) is 12.8. The third-order valence-electron chi connectivity index (χ3n) is 2.77. The molecule has 1 amide bonds. The highest BCUT2D eigenvalue weighted by molar-refractivity contribution is 5.93. The lowest BCUT2D eigenvalue weighted by Crippen LogP contribution is -2.36. The van der Waals surface area contributed by atoms with Crippen LogP contribution >= 0.6 is 0 Å². The lowest BCUT2D eigenvalue weighted by atomic mass is 10.1. The van der Waals surface area contributed by atoms with E-state index >= 15 is 0 Å². The van der Waals surface area contributed by atoms with E-state index in [1.165, 1.54) is 12.3 Å². The predicted molar refractivity (Wildman–Crippen MR) is 68.3 cm³/mol. The second kappa shape index (κ2) is 6.23. The first-order valence-corrected chi connectivity index (χ1v) is 6.08. The Balaban J connectivity index is 2.79. The van der Waals surface area contributed by atoms with Gasteiger partial charge >= 0.3 is 0 Å². The number of aromatic amines is 1. The van der Waals surface area contributed by atoms with Crippen LogP contribution in [0.4, 0.5) is 0 Å². The Morgan fingerprint density at radius 2 is 2.18 bits per heavy atom. The Morgan fingerprint density at radius 1 is 1.47 bits per heavy atom. The Kier molecular flexibility index (Phi) is 4.94. The number of rotatable bonds is 5. The number of carbonyl (C=O) groups is 1. The van der Waals surface area contributed by atoms with E-state index in [-0.39, 0.29) is 22.9 Å². The van der Waals surface area contributed by atoms with Crippen molar-refractivity contribution in [2.75, 3.05) is 0 Å². The molecule has 1 atom stereocenters. The second-order valence-electron chi connectivity index (χ2n) is 4.26. The summed E-state index contributed by atoms with van der Waals surface area (Å²) in [6, 6.07) is 1.59. The Morgan fingerprint density at radius 3 is 2.71 bits per heavy atom. The Hall–Kier alpha value is -1.58. The van der Waals surface area contributed by atoms with Gasteiger partial charge in [-0.1, -0.05) is 20.3 Å². The van der Waals surface area contributed by atoms with Crippen LogP contribution in [0.5, 0.6) is 0 Å². The number of aromatic nitrogens is 1. The maximum atomic E-state index is 11.9. The van der Waals surface area contributed by atoms with E-state index in [0.29, 0.717) is 0 Å². The molecule has 1 aromatic heterocycles. The number of carbonyl (C=O) groups excluding carboxylic acids is 1. The quantitative estimate of drug-likeness (QED) is 0.821. The lowest BCUT2D eigenvalue weighted by molar-refractivity contribution is 0.0932. The minimum absolute atomic E-state index is 0.146. The minimum atomic E-state index is -0.286. The van der Waals surface area contributed by atoms with Gasteiger partial charge in [-0.05, 0) is 19.8 Å². The van der Waals surface area contributed by atoms with E-state index < -0.39 is 0 Å². The highest BCUT2D eigenvalue weighted by Gasteiger charge is 2.14. The van der Waals surface area contributed by atoms with Crippen molar-refractivity contribution in [1.82, 2.24) is 10.3 Å². The number of hydrogen-bond acceptors (Lipinski definition) is 2. The number of H-pyrrole nitrogens is 1. The Labute approximate surface area is 101 Å². The van der Waals surface area contributed by atoms with Crippen molar-refractivity contribution in [3.05, 3.63) is 33.7 Å².